The number of pyridine rings is 1. The molecule has 7 heteroatoms. The van der Waals surface area contributed by atoms with Crippen molar-refractivity contribution in [3.05, 3.63) is 59.3 Å². The van der Waals surface area contributed by atoms with Gasteiger partial charge < -0.3 is 13.7 Å². The molecule has 0 aromatic carbocycles. The number of fused-ring (bicyclic) bond motifs is 1. The van der Waals surface area contributed by atoms with Gasteiger partial charge in [0, 0.05) is 24.3 Å². The number of aromatic nitrogens is 4. The number of nitrogens with zero attached hydrogens (tertiary/aromatic N) is 4. The van der Waals surface area contributed by atoms with Crippen LogP contribution in [0.1, 0.15) is 11.7 Å². The van der Waals surface area contributed by atoms with Gasteiger partial charge in [-0.05, 0) is 18.4 Å². The Morgan fingerprint density at radius 3 is 2.86 bits per heavy atom. The average Bonchev–Trinajstić information content (AvgIpc) is 3.11. The first-order chi connectivity index (χ1) is 10.7. The summed E-state index contributed by atoms with van der Waals surface area (Å²) in [5.74, 6) is 1.78. The molecular formula is C15H16N4O2S. The highest BCUT2D eigenvalue weighted by molar-refractivity contribution is 7.97. The zero-order valence-electron chi connectivity index (χ0n) is 12.2. The molecule has 0 bridgehead atoms. The molecular weight excluding hydrogens is 300 g/mol. The van der Waals surface area contributed by atoms with Crippen LogP contribution in [0, 0.1) is 0 Å². The SMILES string of the molecule is C=CCn1ccc2ccn(Cc3nc(CSC)no3)c(=O)c21. The molecule has 22 heavy (non-hydrogen) atoms. The molecule has 3 aromatic heterocycles. The molecule has 0 spiro atoms. The van der Waals surface area contributed by atoms with Crippen LogP contribution in [0.3, 0.4) is 0 Å². The molecule has 0 aliphatic carbocycles. The van der Waals surface area contributed by atoms with Crippen LogP contribution >= 0.6 is 11.8 Å². The highest BCUT2D eigenvalue weighted by Crippen LogP contribution is 2.12. The molecule has 3 aromatic rings. The van der Waals surface area contributed by atoms with Gasteiger partial charge in [0.05, 0.1) is 5.75 Å². The Balaban J connectivity index is 1.96. The summed E-state index contributed by atoms with van der Waals surface area (Å²) in [5.41, 5.74) is 0.584. The fourth-order valence-electron chi connectivity index (χ4n) is 2.35. The maximum atomic E-state index is 12.6. The van der Waals surface area contributed by atoms with Crippen LogP contribution in [0.15, 0.2) is 46.5 Å². The maximum absolute atomic E-state index is 12.6. The monoisotopic (exact) mass is 316 g/mol. The van der Waals surface area contributed by atoms with Crippen LogP contribution in [-0.2, 0) is 18.8 Å². The van der Waals surface area contributed by atoms with Gasteiger partial charge in [-0.2, -0.15) is 16.7 Å². The molecule has 0 amide bonds. The Bertz CT molecular complexity index is 862. The molecule has 0 unspecified atom stereocenters. The lowest BCUT2D eigenvalue weighted by molar-refractivity contribution is 0.366. The summed E-state index contributed by atoms with van der Waals surface area (Å²) in [7, 11) is 0. The van der Waals surface area contributed by atoms with Crippen molar-refractivity contribution in [1.29, 1.82) is 0 Å². The number of hydrogen-bond donors (Lipinski definition) is 0. The van der Waals surface area contributed by atoms with Gasteiger partial charge in [0.15, 0.2) is 5.82 Å². The lowest BCUT2D eigenvalue weighted by atomic mass is 10.3. The number of thioether (sulfide) groups is 1. The molecule has 0 saturated carbocycles. The second-order valence-corrected chi connectivity index (χ2v) is 5.71. The van der Waals surface area contributed by atoms with Crippen molar-refractivity contribution in [3.8, 4) is 0 Å². The van der Waals surface area contributed by atoms with Gasteiger partial charge in [-0.1, -0.05) is 11.2 Å². The summed E-state index contributed by atoms with van der Waals surface area (Å²) >= 11 is 1.62. The summed E-state index contributed by atoms with van der Waals surface area (Å²) in [5, 5.41) is 4.80. The van der Waals surface area contributed by atoms with Crippen molar-refractivity contribution in [2.75, 3.05) is 6.26 Å². The van der Waals surface area contributed by atoms with E-state index in [4.69, 9.17) is 4.52 Å². The fraction of sp³-hybridized carbons (Fsp3) is 0.267. The number of hydrogen-bond acceptors (Lipinski definition) is 5. The lowest BCUT2D eigenvalue weighted by Gasteiger charge is -2.05. The van der Waals surface area contributed by atoms with Crippen LogP contribution in [-0.4, -0.2) is 25.5 Å². The third-order valence-corrected chi connectivity index (χ3v) is 3.85. The van der Waals surface area contributed by atoms with Gasteiger partial charge in [0.1, 0.15) is 12.1 Å². The molecule has 3 rings (SSSR count). The quantitative estimate of drug-likeness (QED) is 0.653. The summed E-state index contributed by atoms with van der Waals surface area (Å²) in [6, 6.07) is 3.84. The number of rotatable bonds is 6. The van der Waals surface area contributed by atoms with Gasteiger partial charge in [0.25, 0.3) is 5.56 Å². The van der Waals surface area contributed by atoms with Crippen molar-refractivity contribution in [3.63, 3.8) is 0 Å². The summed E-state index contributed by atoms with van der Waals surface area (Å²) < 4.78 is 8.65. The Hall–Kier alpha value is -2.28. The Labute approximate surface area is 131 Å². The van der Waals surface area contributed by atoms with E-state index in [1.54, 1.807) is 28.6 Å². The van der Waals surface area contributed by atoms with E-state index in [0.29, 0.717) is 29.5 Å². The van der Waals surface area contributed by atoms with E-state index in [1.807, 2.05) is 29.2 Å². The summed E-state index contributed by atoms with van der Waals surface area (Å²) in [4.78, 5) is 16.9. The van der Waals surface area contributed by atoms with Crippen molar-refractivity contribution in [2.24, 2.45) is 0 Å². The first kappa shape index (κ1) is 14.6. The van der Waals surface area contributed by atoms with Gasteiger partial charge >= 0.3 is 0 Å². The molecule has 0 fully saturated rings. The Morgan fingerprint density at radius 2 is 2.14 bits per heavy atom. The topological polar surface area (TPSA) is 65.8 Å². The minimum Gasteiger partial charge on any atom is -0.339 e. The summed E-state index contributed by atoms with van der Waals surface area (Å²) in [6.07, 6.45) is 7.38. The molecule has 0 N–H and O–H groups in total. The minimum absolute atomic E-state index is 0.0750. The smallest absolute Gasteiger partial charge is 0.275 e. The first-order valence-corrected chi connectivity index (χ1v) is 8.22. The first-order valence-electron chi connectivity index (χ1n) is 6.82. The van der Waals surface area contributed by atoms with Crippen LogP contribution in [0.25, 0.3) is 10.9 Å². The van der Waals surface area contributed by atoms with Gasteiger partial charge in [-0.15, -0.1) is 6.58 Å². The predicted octanol–water partition coefficient (Wildman–Crippen LogP) is 2.28. The third-order valence-electron chi connectivity index (χ3n) is 3.31. The zero-order valence-corrected chi connectivity index (χ0v) is 13.0. The van der Waals surface area contributed by atoms with E-state index in [2.05, 4.69) is 16.7 Å². The van der Waals surface area contributed by atoms with Gasteiger partial charge in [0.2, 0.25) is 5.89 Å². The second-order valence-electron chi connectivity index (χ2n) is 4.85. The van der Waals surface area contributed by atoms with Crippen molar-refractivity contribution < 1.29 is 4.52 Å². The molecule has 0 saturated heterocycles. The van der Waals surface area contributed by atoms with E-state index >= 15 is 0 Å². The Kier molecular flexibility index (Phi) is 4.15. The lowest BCUT2D eigenvalue weighted by Crippen LogP contribution is -2.22. The normalized spacial score (nSPS) is 11.1. The molecule has 3 heterocycles. The summed E-state index contributed by atoms with van der Waals surface area (Å²) in [6.45, 7) is 4.59. The second kappa shape index (κ2) is 6.23. The van der Waals surface area contributed by atoms with Crippen LogP contribution in [0.5, 0.6) is 0 Å². The third kappa shape index (κ3) is 2.71. The van der Waals surface area contributed by atoms with E-state index in [9.17, 15) is 4.79 Å². The molecule has 0 atom stereocenters. The molecule has 0 aliphatic rings. The van der Waals surface area contributed by atoms with Crippen LogP contribution < -0.4 is 5.56 Å². The van der Waals surface area contributed by atoms with E-state index in [1.165, 1.54) is 0 Å². The minimum atomic E-state index is -0.0750. The van der Waals surface area contributed by atoms with Gasteiger partial charge in [-0.3, -0.25) is 4.79 Å². The van der Waals surface area contributed by atoms with E-state index < -0.39 is 0 Å². The van der Waals surface area contributed by atoms with E-state index in [0.717, 1.165) is 5.39 Å². The average molecular weight is 316 g/mol. The highest BCUT2D eigenvalue weighted by Gasteiger charge is 2.11. The van der Waals surface area contributed by atoms with Crippen molar-refractivity contribution in [2.45, 2.75) is 18.8 Å². The number of allylic oxidation sites excluding steroid dienone is 1. The Morgan fingerprint density at radius 1 is 1.36 bits per heavy atom. The van der Waals surface area contributed by atoms with Crippen molar-refractivity contribution >= 4 is 22.7 Å². The van der Waals surface area contributed by atoms with Crippen LogP contribution in [0.2, 0.25) is 0 Å². The standard InChI is InChI=1S/C15H16N4O2S/c1-3-6-18-7-4-11-5-8-19(15(20)14(11)18)9-13-16-12(10-22-2)17-21-13/h3-5,7-8H,1,6,9-10H2,2H3. The molecule has 0 radical (unpaired) electrons. The largest absolute Gasteiger partial charge is 0.339 e. The van der Waals surface area contributed by atoms with E-state index in [-0.39, 0.29) is 12.1 Å². The molecule has 6 nitrogen and oxygen atoms in total. The zero-order chi connectivity index (χ0) is 15.5. The van der Waals surface area contributed by atoms with Crippen molar-refractivity contribution in [1.82, 2.24) is 19.3 Å². The predicted molar refractivity (Wildman–Crippen MR) is 87.0 cm³/mol. The maximum Gasteiger partial charge on any atom is 0.275 e. The van der Waals surface area contributed by atoms with Gasteiger partial charge in [-0.25, -0.2) is 0 Å². The molecule has 114 valence electrons. The fourth-order valence-corrected chi connectivity index (χ4v) is 2.72. The molecule has 0 aliphatic heterocycles. The van der Waals surface area contributed by atoms with Crippen LogP contribution in [0.4, 0.5) is 0 Å². The highest BCUT2D eigenvalue weighted by atomic mass is 32.2.